The Bertz CT molecular complexity index is 975. The van der Waals surface area contributed by atoms with Gasteiger partial charge in [-0.1, -0.05) is 23.8 Å². The molecule has 1 heterocycles. The number of sulfonamides is 1. The van der Waals surface area contributed by atoms with Gasteiger partial charge in [0.2, 0.25) is 0 Å². The molecular formula is C19H22N2O4S2. The minimum absolute atomic E-state index is 0.0395. The molecule has 0 aliphatic carbocycles. The average Bonchev–Trinajstić information content (AvgIpc) is 2.64. The van der Waals surface area contributed by atoms with Crippen LogP contribution in [0.15, 0.2) is 47.4 Å². The third-order valence-corrected chi connectivity index (χ3v) is 7.17. The van der Waals surface area contributed by atoms with Gasteiger partial charge in [0.15, 0.2) is 0 Å². The van der Waals surface area contributed by atoms with Gasteiger partial charge in [-0.25, -0.2) is 8.42 Å². The van der Waals surface area contributed by atoms with Gasteiger partial charge in [-0.3, -0.25) is 13.7 Å². The molecule has 1 aliphatic rings. The first-order chi connectivity index (χ1) is 12.8. The molecule has 1 aliphatic heterocycles. The molecule has 2 aromatic rings. The van der Waals surface area contributed by atoms with E-state index in [0.717, 1.165) is 5.56 Å². The van der Waals surface area contributed by atoms with E-state index in [1.54, 1.807) is 30.0 Å². The number of rotatable bonds is 4. The van der Waals surface area contributed by atoms with Crippen molar-refractivity contribution in [2.45, 2.75) is 18.7 Å². The minimum atomic E-state index is -3.81. The van der Waals surface area contributed by atoms with Crippen LogP contribution in [0.25, 0.3) is 0 Å². The third-order valence-electron chi connectivity index (χ3n) is 4.52. The van der Waals surface area contributed by atoms with Gasteiger partial charge in [0, 0.05) is 46.6 Å². The minimum Gasteiger partial charge on any atom is -0.337 e. The van der Waals surface area contributed by atoms with E-state index < -0.39 is 20.8 Å². The molecule has 1 saturated heterocycles. The number of amides is 1. The zero-order valence-corrected chi connectivity index (χ0v) is 16.9. The molecule has 8 heteroatoms. The van der Waals surface area contributed by atoms with Crippen molar-refractivity contribution in [2.24, 2.45) is 0 Å². The van der Waals surface area contributed by atoms with Crippen LogP contribution in [0.4, 0.5) is 5.69 Å². The number of aryl methyl sites for hydroxylation is 2. The van der Waals surface area contributed by atoms with Crippen molar-refractivity contribution in [3.63, 3.8) is 0 Å². The predicted octanol–water partition coefficient (Wildman–Crippen LogP) is 2.31. The maximum Gasteiger partial charge on any atom is 0.261 e. The van der Waals surface area contributed by atoms with Crippen molar-refractivity contribution in [1.82, 2.24) is 4.90 Å². The highest BCUT2D eigenvalue weighted by molar-refractivity contribution is 7.92. The Labute approximate surface area is 162 Å². The molecule has 0 bridgehead atoms. The summed E-state index contributed by atoms with van der Waals surface area (Å²) in [6, 6.07) is 11.6. The molecule has 2 aromatic carbocycles. The zero-order chi connectivity index (χ0) is 19.6. The molecule has 0 atom stereocenters. The lowest BCUT2D eigenvalue weighted by Gasteiger charge is -2.27. The summed E-state index contributed by atoms with van der Waals surface area (Å²) in [5.74, 6) is 0.687. The summed E-state index contributed by atoms with van der Waals surface area (Å²) >= 11 is 0. The maximum absolute atomic E-state index is 12.8. The average molecular weight is 407 g/mol. The van der Waals surface area contributed by atoms with Crippen molar-refractivity contribution >= 4 is 32.4 Å². The second-order valence-corrected chi connectivity index (χ2v) is 9.97. The number of benzene rings is 2. The van der Waals surface area contributed by atoms with Gasteiger partial charge in [0.25, 0.3) is 15.9 Å². The molecule has 0 unspecified atom stereocenters. The number of hydrogen-bond acceptors (Lipinski definition) is 4. The van der Waals surface area contributed by atoms with Crippen molar-refractivity contribution in [3.05, 3.63) is 59.2 Å². The Morgan fingerprint density at radius 1 is 1.04 bits per heavy atom. The van der Waals surface area contributed by atoms with Gasteiger partial charge < -0.3 is 4.90 Å². The van der Waals surface area contributed by atoms with Crippen LogP contribution in [0, 0.1) is 13.8 Å². The highest BCUT2D eigenvalue weighted by atomic mass is 32.2. The van der Waals surface area contributed by atoms with Gasteiger partial charge in [0.1, 0.15) is 0 Å². The lowest BCUT2D eigenvalue weighted by Crippen LogP contribution is -2.42. The number of nitrogens with zero attached hydrogens (tertiary/aromatic N) is 1. The standard InChI is InChI=1S/C19H22N2O4S2/c1-14-3-6-16(7-4-14)20-27(24,25)17-8-5-15(2)18(13-17)19(22)21-9-11-26(23)12-10-21/h3-8,13,20H,9-12H2,1-2H3. The van der Waals surface area contributed by atoms with Crippen LogP contribution in [0.5, 0.6) is 0 Å². The summed E-state index contributed by atoms with van der Waals surface area (Å²) in [5.41, 5.74) is 2.56. The summed E-state index contributed by atoms with van der Waals surface area (Å²) < 4.78 is 39.5. The number of hydrogen-bond donors (Lipinski definition) is 1. The Morgan fingerprint density at radius 2 is 1.67 bits per heavy atom. The summed E-state index contributed by atoms with van der Waals surface area (Å²) in [7, 11) is -4.69. The second kappa shape index (κ2) is 7.82. The normalized spacial score (nSPS) is 15.6. The highest BCUT2D eigenvalue weighted by Crippen LogP contribution is 2.21. The van der Waals surface area contributed by atoms with Crippen LogP contribution >= 0.6 is 0 Å². The first kappa shape index (κ1) is 19.6. The molecular weight excluding hydrogens is 384 g/mol. The fraction of sp³-hybridized carbons (Fsp3) is 0.316. The highest BCUT2D eigenvalue weighted by Gasteiger charge is 2.24. The molecule has 144 valence electrons. The Hall–Kier alpha value is -2.19. The van der Waals surface area contributed by atoms with E-state index in [4.69, 9.17) is 0 Å². The van der Waals surface area contributed by atoms with Crippen molar-refractivity contribution in [3.8, 4) is 0 Å². The second-order valence-electron chi connectivity index (χ2n) is 6.59. The largest absolute Gasteiger partial charge is 0.337 e. The van der Waals surface area contributed by atoms with Crippen LogP contribution in [-0.4, -0.2) is 48.0 Å². The first-order valence-electron chi connectivity index (χ1n) is 8.61. The van der Waals surface area contributed by atoms with Gasteiger partial charge in [-0.15, -0.1) is 0 Å². The van der Waals surface area contributed by atoms with Crippen LogP contribution in [0.1, 0.15) is 21.5 Å². The molecule has 3 rings (SSSR count). The smallest absolute Gasteiger partial charge is 0.261 e. The molecule has 0 radical (unpaired) electrons. The molecule has 1 N–H and O–H groups in total. The van der Waals surface area contributed by atoms with Crippen molar-refractivity contribution in [2.75, 3.05) is 29.3 Å². The predicted molar refractivity (Wildman–Crippen MR) is 107 cm³/mol. The van der Waals surface area contributed by atoms with Crippen molar-refractivity contribution in [1.29, 1.82) is 0 Å². The maximum atomic E-state index is 12.8. The Balaban J connectivity index is 1.86. The molecule has 0 saturated carbocycles. The van der Waals surface area contributed by atoms with E-state index in [1.165, 1.54) is 12.1 Å². The van der Waals surface area contributed by atoms with E-state index in [1.807, 2.05) is 19.1 Å². The van der Waals surface area contributed by atoms with E-state index >= 15 is 0 Å². The molecule has 27 heavy (non-hydrogen) atoms. The molecule has 0 aromatic heterocycles. The van der Waals surface area contributed by atoms with Gasteiger partial charge >= 0.3 is 0 Å². The first-order valence-corrected chi connectivity index (χ1v) is 11.6. The Kier molecular flexibility index (Phi) is 5.67. The fourth-order valence-electron chi connectivity index (χ4n) is 2.85. The number of nitrogens with one attached hydrogen (secondary N) is 1. The SMILES string of the molecule is Cc1ccc(NS(=O)(=O)c2ccc(C)c(C(=O)N3CCS(=O)CC3)c2)cc1. The van der Waals surface area contributed by atoms with E-state index in [0.29, 0.717) is 41.4 Å². The van der Waals surface area contributed by atoms with Gasteiger partial charge in [0.05, 0.1) is 4.90 Å². The van der Waals surface area contributed by atoms with Crippen LogP contribution in [0.3, 0.4) is 0 Å². The van der Waals surface area contributed by atoms with Crippen LogP contribution in [0.2, 0.25) is 0 Å². The molecule has 6 nitrogen and oxygen atoms in total. The quantitative estimate of drug-likeness (QED) is 0.845. The van der Waals surface area contributed by atoms with Gasteiger partial charge in [-0.05, 0) is 43.7 Å². The summed E-state index contributed by atoms with van der Waals surface area (Å²) in [6.07, 6.45) is 0. The topological polar surface area (TPSA) is 83.6 Å². The lowest BCUT2D eigenvalue weighted by atomic mass is 10.1. The Morgan fingerprint density at radius 3 is 2.30 bits per heavy atom. The van der Waals surface area contributed by atoms with Gasteiger partial charge in [-0.2, -0.15) is 0 Å². The van der Waals surface area contributed by atoms with Crippen LogP contribution < -0.4 is 4.72 Å². The molecule has 1 amide bonds. The fourth-order valence-corrected chi connectivity index (χ4v) is 4.98. The summed E-state index contributed by atoms with van der Waals surface area (Å²) in [4.78, 5) is 14.5. The number of anilines is 1. The third kappa shape index (κ3) is 4.56. The summed E-state index contributed by atoms with van der Waals surface area (Å²) in [5, 5.41) is 0. The molecule has 0 spiro atoms. The molecule has 1 fully saturated rings. The number of carbonyl (C=O) groups is 1. The van der Waals surface area contributed by atoms with Crippen LogP contribution in [-0.2, 0) is 20.8 Å². The zero-order valence-electron chi connectivity index (χ0n) is 15.3. The lowest BCUT2D eigenvalue weighted by molar-refractivity contribution is 0.0770. The van der Waals surface area contributed by atoms with Crippen molar-refractivity contribution < 1.29 is 17.4 Å². The van der Waals surface area contributed by atoms with E-state index in [2.05, 4.69) is 4.72 Å². The monoisotopic (exact) mass is 406 g/mol. The number of carbonyl (C=O) groups excluding carboxylic acids is 1. The van der Waals surface area contributed by atoms with E-state index in [-0.39, 0.29) is 10.8 Å². The summed E-state index contributed by atoms with van der Waals surface area (Å²) in [6.45, 7) is 4.54. The van der Waals surface area contributed by atoms with E-state index in [9.17, 15) is 17.4 Å².